The van der Waals surface area contributed by atoms with Crippen LogP contribution in [0.2, 0.25) is 5.15 Å². The molecule has 6 heteroatoms. The Hall–Kier alpha value is -3.31. The molecule has 2 aromatic carbocycles. The largest absolute Gasteiger partial charge is 0.493 e. The molecule has 0 saturated heterocycles. The molecule has 0 saturated carbocycles. The fourth-order valence-corrected chi connectivity index (χ4v) is 3.53. The predicted molar refractivity (Wildman–Crippen MR) is 129 cm³/mol. The molecular weight excluding hydrogens is 424 g/mol. The van der Waals surface area contributed by atoms with Crippen LogP contribution in [0.1, 0.15) is 27.8 Å². The van der Waals surface area contributed by atoms with Crippen molar-refractivity contribution in [2.45, 2.75) is 20.3 Å². The van der Waals surface area contributed by atoms with Crippen molar-refractivity contribution in [3.05, 3.63) is 93.8 Å². The molecule has 166 valence electrons. The first kappa shape index (κ1) is 23.4. The summed E-state index contributed by atoms with van der Waals surface area (Å²) in [6.45, 7) is 4.61. The maximum Gasteiger partial charge on any atom is 0.244 e. The first-order valence-electron chi connectivity index (χ1n) is 10.3. The van der Waals surface area contributed by atoms with Crippen molar-refractivity contribution in [2.24, 2.45) is 0 Å². The molecule has 0 aliphatic carbocycles. The molecule has 0 unspecified atom stereocenters. The first-order chi connectivity index (χ1) is 15.4. The number of carbonyl (C=O) groups is 1. The van der Waals surface area contributed by atoms with Crippen LogP contribution in [0.15, 0.2) is 60.8 Å². The van der Waals surface area contributed by atoms with Gasteiger partial charge in [-0.25, -0.2) is 4.98 Å². The molecule has 0 spiro atoms. The molecule has 0 atom stereocenters. The number of hydrogen-bond acceptors (Lipinski definition) is 4. The second kappa shape index (κ2) is 10.8. The molecule has 1 N–H and O–H groups in total. The van der Waals surface area contributed by atoms with Gasteiger partial charge >= 0.3 is 0 Å². The van der Waals surface area contributed by atoms with E-state index in [1.54, 1.807) is 32.6 Å². The van der Waals surface area contributed by atoms with Crippen LogP contribution >= 0.6 is 11.6 Å². The van der Waals surface area contributed by atoms with Crippen LogP contribution in [0, 0.1) is 13.8 Å². The van der Waals surface area contributed by atoms with E-state index in [0.717, 1.165) is 27.8 Å². The highest BCUT2D eigenvalue weighted by Gasteiger charge is 2.11. The van der Waals surface area contributed by atoms with E-state index in [1.165, 1.54) is 5.56 Å². The number of amides is 1. The van der Waals surface area contributed by atoms with Crippen molar-refractivity contribution >= 4 is 23.1 Å². The Morgan fingerprint density at radius 2 is 1.72 bits per heavy atom. The molecule has 0 fully saturated rings. The lowest BCUT2D eigenvalue weighted by atomic mass is 9.95. The summed E-state index contributed by atoms with van der Waals surface area (Å²) < 4.78 is 10.6. The minimum atomic E-state index is -0.174. The zero-order valence-corrected chi connectivity index (χ0v) is 19.5. The monoisotopic (exact) mass is 450 g/mol. The van der Waals surface area contributed by atoms with Crippen molar-refractivity contribution in [1.29, 1.82) is 0 Å². The molecule has 32 heavy (non-hydrogen) atoms. The lowest BCUT2D eigenvalue weighted by Crippen LogP contribution is -2.24. The minimum Gasteiger partial charge on any atom is -0.493 e. The van der Waals surface area contributed by atoms with Gasteiger partial charge in [-0.05, 0) is 77.9 Å². The van der Waals surface area contributed by atoms with Crippen LogP contribution in [0.5, 0.6) is 11.5 Å². The summed E-state index contributed by atoms with van der Waals surface area (Å²) in [4.78, 5) is 16.8. The van der Waals surface area contributed by atoms with Crippen LogP contribution in [0.4, 0.5) is 0 Å². The van der Waals surface area contributed by atoms with Crippen LogP contribution in [-0.4, -0.2) is 31.7 Å². The second-order valence-electron chi connectivity index (χ2n) is 7.45. The lowest BCUT2D eigenvalue weighted by Gasteiger charge is -2.12. The summed E-state index contributed by atoms with van der Waals surface area (Å²) in [7, 11) is 3.21. The van der Waals surface area contributed by atoms with E-state index in [2.05, 4.69) is 36.3 Å². The number of benzene rings is 2. The minimum absolute atomic E-state index is 0.174. The van der Waals surface area contributed by atoms with E-state index in [1.807, 2.05) is 30.3 Å². The number of hydrogen-bond donors (Lipinski definition) is 1. The average Bonchev–Trinajstić information content (AvgIpc) is 2.79. The Kier molecular flexibility index (Phi) is 7.90. The summed E-state index contributed by atoms with van der Waals surface area (Å²) in [5, 5.41) is 3.35. The van der Waals surface area contributed by atoms with Crippen molar-refractivity contribution < 1.29 is 14.3 Å². The highest BCUT2D eigenvalue weighted by atomic mass is 35.5. The fourth-order valence-electron chi connectivity index (χ4n) is 3.36. The van der Waals surface area contributed by atoms with Gasteiger partial charge in [0.1, 0.15) is 5.15 Å². The fraction of sp³-hybridized carbons (Fsp3) is 0.231. The van der Waals surface area contributed by atoms with E-state index in [0.29, 0.717) is 29.6 Å². The third-order valence-electron chi connectivity index (χ3n) is 5.29. The molecule has 5 nitrogen and oxygen atoms in total. The van der Waals surface area contributed by atoms with Gasteiger partial charge in [0.2, 0.25) is 5.91 Å². The molecule has 1 heterocycles. The van der Waals surface area contributed by atoms with E-state index in [4.69, 9.17) is 21.1 Å². The Morgan fingerprint density at radius 1 is 0.969 bits per heavy atom. The van der Waals surface area contributed by atoms with Crippen molar-refractivity contribution in [2.75, 3.05) is 20.8 Å². The highest BCUT2D eigenvalue weighted by molar-refractivity contribution is 6.29. The van der Waals surface area contributed by atoms with Gasteiger partial charge in [0.05, 0.1) is 14.2 Å². The lowest BCUT2D eigenvalue weighted by molar-refractivity contribution is -0.116. The van der Waals surface area contributed by atoms with Crippen LogP contribution < -0.4 is 14.8 Å². The number of ether oxygens (including phenoxy) is 2. The number of halogens is 1. The maximum atomic E-state index is 12.8. The van der Waals surface area contributed by atoms with Gasteiger partial charge < -0.3 is 14.8 Å². The van der Waals surface area contributed by atoms with Gasteiger partial charge in [-0.3, -0.25) is 4.79 Å². The Balaban J connectivity index is 1.78. The molecule has 3 aromatic rings. The van der Waals surface area contributed by atoms with E-state index in [-0.39, 0.29) is 5.91 Å². The Labute approximate surface area is 194 Å². The molecule has 3 rings (SSSR count). The molecule has 0 bridgehead atoms. The molecule has 0 aliphatic heterocycles. The summed E-state index contributed by atoms with van der Waals surface area (Å²) in [6.07, 6.45) is 3.92. The predicted octanol–water partition coefficient (Wildman–Crippen LogP) is 5.16. The maximum absolute atomic E-state index is 12.8. The van der Waals surface area contributed by atoms with Crippen LogP contribution in [-0.2, 0) is 11.2 Å². The Morgan fingerprint density at radius 3 is 2.41 bits per heavy atom. The zero-order chi connectivity index (χ0) is 23.1. The van der Waals surface area contributed by atoms with E-state index >= 15 is 0 Å². The number of pyridine rings is 1. The second-order valence-corrected chi connectivity index (χ2v) is 7.84. The number of nitrogens with zero attached hydrogens (tertiary/aromatic N) is 1. The summed E-state index contributed by atoms with van der Waals surface area (Å²) in [5.74, 6) is 1.17. The molecule has 1 amide bonds. The van der Waals surface area contributed by atoms with Crippen molar-refractivity contribution in [3.8, 4) is 11.5 Å². The highest BCUT2D eigenvalue weighted by Crippen LogP contribution is 2.28. The SMILES string of the molecule is COc1ccc(CCNC(=O)/C=C(\c2ccnc(Cl)c2)c2ccc(C)c(C)c2)cc1OC. The number of rotatable bonds is 8. The smallest absolute Gasteiger partial charge is 0.244 e. The van der Waals surface area contributed by atoms with Crippen LogP contribution in [0.3, 0.4) is 0 Å². The normalized spacial score (nSPS) is 11.2. The average molecular weight is 451 g/mol. The van der Waals surface area contributed by atoms with Gasteiger partial charge in [-0.2, -0.15) is 0 Å². The third-order valence-corrected chi connectivity index (χ3v) is 5.50. The molecule has 1 aromatic heterocycles. The quantitative estimate of drug-likeness (QED) is 0.380. The topological polar surface area (TPSA) is 60.5 Å². The van der Waals surface area contributed by atoms with Gasteiger partial charge in [0.25, 0.3) is 0 Å². The standard InChI is InChI=1S/C26H27ClN2O3/c1-17-5-7-20(13-18(17)2)22(21-10-12-28-25(27)15-21)16-26(30)29-11-9-19-6-8-23(31-3)24(14-19)32-4/h5-8,10,12-16H,9,11H2,1-4H3,(H,29,30)/b22-16-. The first-order valence-corrected chi connectivity index (χ1v) is 10.7. The summed E-state index contributed by atoms with van der Waals surface area (Å²) >= 11 is 6.11. The molecular formula is C26H27ClN2O3. The summed E-state index contributed by atoms with van der Waals surface area (Å²) in [6, 6.07) is 15.5. The van der Waals surface area contributed by atoms with E-state index < -0.39 is 0 Å². The Bertz CT molecular complexity index is 1140. The third kappa shape index (κ3) is 5.89. The number of aromatic nitrogens is 1. The molecule has 0 radical (unpaired) electrons. The van der Waals surface area contributed by atoms with Gasteiger partial charge in [-0.1, -0.05) is 35.9 Å². The van der Waals surface area contributed by atoms with Gasteiger partial charge in [-0.15, -0.1) is 0 Å². The number of carbonyl (C=O) groups excluding carboxylic acids is 1. The number of methoxy groups -OCH3 is 2. The molecule has 0 aliphatic rings. The van der Waals surface area contributed by atoms with E-state index in [9.17, 15) is 4.79 Å². The van der Waals surface area contributed by atoms with Gasteiger partial charge in [0.15, 0.2) is 11.5 Å². The van der Waals surface area contributed by atoms with Crippen molar-refractivity contribution in [3.63, 3.8) is 0 Å². The summed E-state index contributed by atoms with van der Waals surface area (Å²) in [5.41, 5.74) is 5.97. The van der Waals surface area contributed by atoms with Gasteiger partial charge in [0, 0.05) is 18.8 Å². The zero-order valence-electron chi connectivity index (χ0n) is 18.7. The van der Waals surface area contributed by atoms with Crippen molar-refractivity contribution in [1.82, 2.24) is 10.3 Å². The van der Waals surface area contributed by atoms with Crippen LogP contribution in [0.25, 0.3) is 5.57 Å². The number of aryl methyl sites for hydroxylation is 2. The number of nitrogens with one attached hydrogen (secondary N) is 1.